The van der Waals surface area contributed by atoms with Crippen LogP contribution in [-0.4, -0.2) is 18.1 Å². The van der Waals surface area contributed by atoms with Crippen LogP contribution in [0.1, 0.15) is 57.7 Å². The first kappa shape index (κ1) is 16.5. The fraction of sp³-hybridized carbons (Fsp3) is 0.737. The molecule has 2 rings (SSSR count). The monoisotopic (exact) mass is 288 g/mol. The lowest BCUT2D eigenvalue weighted by Gasteiger charge is -2.39. The molecule has 1 aliphatic rings. The average Bonchev–Trinajstić information content (AvgIpc) is 2.46. The lowest BCUT2D eigenvalue weighted by molar-refractivity contribution is 0.133. The van der Waals surface area contributed by atoms with Crippen LogP contribution in [0.3, 0.4) is 0 Å². The maximum absolute atomic E-state index is 4.58. The number of hydrogen-bond donors (Lipinski definition) is 1. The van der Waals surface area contributed by atoms with E-state index in [0.717, 1.165) is 18.3 Å². The first-order chi connectivity index (χ1) is 9.91. The second-order valence-corrected chi connectivity index (χ2v) is 7.84. The predicted molar refractivity (Wildman–Crippen MR) is 90.4 cm³/mol. The lowest BCUT2D eigenvalue weighted by Crippen LogP contribution is -2.39. The third-order valence-electron chi connectivity index (χ3n) is 5.47. The van der Waals surface area contributed by atoms with Crippen molar-refractivity contribution in [1.82, 2.24) is 10.3 Å². The Kier molecular flexibility index (Phi) is 5.43. The Labute approximate surface area is 130 Å². The van der Waals surface area contributed by atoms with Crippen LogP contribution in [0.15, 0.2) is 18.3 Å². The van der Waals surface area contributed by atoms with E-state index in [0.29, 0.717) is 11.5 Å². The van der Waals surface area contributed by atoms with Gasteiger partial charge in [0.25, 0.3) is 0 Å². The normalized spacial score (nSPS) is 24.8. The van der Waals surface area contributed by atoms with Gasteiger partial charge in [0.2, 0.25) is 0 Å². The summed E-state index contributed by atoms with van der Waals surface area (Å²) in [6, 6.07) is 4.77. The fourth-order valence-electron chi connectivity index (χ4n) is 3.83. The number of pyridine rings is 1. The van der Waals surface area contributed by atoms with Gasteiger partial charge in [0, 0.05) is 24.4 Å². The predicted octanol–water partition coefficient (Wildman–Crippen LogP) is 4.37. The standard InChI is InChI=1S/C19H32N2/c1-14-7-6-12-21-17(14)13-18(20-5)15-8-10-16(11-9-15)19(2,3)4/h6-7,12,15-16,18,20H,8-11,13H2,1-5H3. The fourth-order valence-corrected chi connectivity index (χ4v) is 3.83. The molecule has 1 fully saturated rings. The number of aryl methyl sites for hydroxylation is 1. The summed E-state index contributed by atoms with van der Waals surface area (Å²) >= 11 is 0. The van der Waals surface area contributed by atoms with Gasteiger partial charge in [0.05, 0.1) is 0 Å². The van der Waals surface area contributed by atoms with Crippen LogP contribution < -0.4 is 5.32 Å². The van der Waals surface area contributed by atoms with E-state index < -0.39 is 0 Å². The van der Waals surface area contributed by atoms with Gasteiger partial charge in [-0.05, 0) is 68.5 Å². The van der Waals surface area contributed by atoms with Gasteiger partial charge in [-0.2, -0.15) is 0 Å². The summed E-state index contributed by atoms with van der Waals surface area (Å²) in [6.07, 6.45) is 8.47. The molecule has 1 aliphatic carbocycles. The molecule has 0 bridgehead atoms. The van der Waals surface area contributed by atoms with Crippen LogP contribution in [0.4, 0.5) is 0 Å². The third-order valence-corrected chi connectivity index (χ3v) is 5.47. The Bertz CT molecular complexity index is 439. The summed E-state index contributed by atoms with van der Waals surface area (Å²) in [6.45, 7) is 9.35. The van der Waals surface area contributed by atoms with E-state index in [4.69, 9.17) is 0 Å². The van der Waals surface area contributed by atoms with E-state index >= 15 is 0 Å². The highest BCUT2D eigenvalue weighted by atomic mass is 14.9. The summed E-state index contributed by atoms with van der Waals surface area (Å²) < 4.78 is 0. The summed E-state index contributed by atoms with van der Waals surface area (Å²) in [4.78, 5) is 4.58. The largest absolute Gasteiger partial charge is 0.316 e. The van der Waals surface area contributed by atoms with Crippen molar-refractivity contribution < 1.29 is 0 Å². The van der Waals surface area contributed by atoms with Gasteiger partial charge < -0.3 is 5.32 Å². The van der Waals surface area contributed by atoms with Crippen LogP contribution in [0.25, 0.3) is 0 Å². The van der Waals surface area contributed by atoms with Crippen molar-refractivity contribution in [3.8, 4) is 0 Å². The average molecular weight is 288 g/mol. The van der Waals surface area contributed by atoms with Gasteiger partial charge in [-0.3, -0.25) is 4.98 Å². The highest BCUT2D eigenvalue weighted by molar-refractivity contribution is 5.18. The van der Waals surface area contributed by atoms with Gasteiger partial charge in [0.15, 0.2) is 0 Å². The molecule has 21 heavy (non-hydrogen) atoms. The molecule has 0 radical (unpaired) electrons. The van der Waals surface area contributed by atoms with Crippen LogP contribution in [0, 0.1) is 24.2 Å². The zero-order valence-electron chi connectivity index (χ0n) is 14.4. The molecule has 0 aromatic carbocycles. The van der Waals surface area contributed by atoms with Crippen molar-refractivity contribution in [3.63, 3.8) is 0 Å². The molecular weight excluding hydrogens is 256 g/mol. The Balaban J connectivity index is 1.96. The van der Waals surface area contributed by atoms with E-state index in [-0.39, 0.29) is 0 Å². The van der Waals surface area contributed by atoms with Crippen molar-refractivity contribution in [3.05, 3.63) is 29.6 Å². The third kappa shape index (κ3) is 4.29. The zero-order chi connectivity index (χ0) is 15.5. The number of nitrogens with one attached hydrogen (secondary N) is 1. The van der Waals surface area contributed by atoms with Gasteiger partial charge in [-0.25, -0.2) is 0 Å². The van der Waals surface area contributed by atoms with E-state index in [1.54, 1.807) is 0 Å². The number of likely N-dealkylation sites (N-methyl/N-ethyl adjacent to an activating group) is 1. The molecule has 1 heterocycles. The molecule has 0 aliphatic heterocycles. The number of hydrogen-bond acceptors (Lipinski definition) is 2. The summed E-state index contributed by atoms with van der Waals surface area (Å²) in [7, 11) is 2.11. The molecule has 0 saturated heterocycles. The Morgan fingerprint density at radius 1 is 1.24 bits per heavy atom. The molecular formula is C19H32N2. The maximum atomic E-state index is 4.58. The molecule has 1 saturated carbocycles. The zero-order valence-corrected chi connectivity index (χ0v) is 14.4. The van der Waals surface area contributed by atoms with E-state index in [2.05, 4.69) is 51.1 Å². The molecule has 0 amide bonds. The SMILES string of the molecule is CNC(Cc1ncccc1C)C1CCC(C(C)(C)C)CC1. The summed E-state index contributed by atoms with van der Waals surface area (Å²) in [5.74, 6) is 1.69. The molecule has 1 unspecified atom stereocenters. The number of aromatic nitrogens is 1. The molecule has 1 aromatic rings. The van der Waals surface area contributed by atoms with E-state index in [9.17, 15) is 0 Å². The van der Waals surface area contributed by atoms with Crippen LogP contribution in [0.2, 0.25) is 0 Å². The Hall–Kier alpha value is -0.890. The van der Waals surface area contributed by atoms with Crippen LogP contribution in [-0.2, 0) is 6.42 Å². The minimum atomic E-state index is 0.470. The lowest BCUT2D eigenvalue weighted by atomic mass is 9.68. The van der Waals surface area contributed by atoms with E-state index in [1.165, 1.54) is 36.9 Å². The minimum absolute atomic E-state index is 0.470. The van der Waals surface area contributed by atoms with Gasteiger partial charge in [0.1, 0.15) is 0 Å². The quantitative estimate of drug-likeness (QED) is 0.889. The van der Waals surface area contributed by atoms with Gasteiger partial charge >= 0.3 is 0 Å². The van der Waals surface area contributed by atoms with Gasteiger partial charge in [-0.15, -0.1) is 0 Å². The van der Waals surface area contributed by atoms with Crippen LogP contribution in [0.5, 0.6) is 0 Å². The molecule has 2 nitrogen and oxygen atoms in total. The first-order valence-corrected chi connectivity index (χ1v) is 8.49. The maximum Gasteiger partial charge on any atom is 0.0448 e. The highest BCUT2D eigenvalue weighted by Gasteiger charge is 2.32. The van der Waals surface area contributed by atoms with E-state index in [1.807, 2.05) is 12.3 Å². The molecule has 1 N–H and O–H groups in total. The molecule has 118 valence electrons. The second-order valence-electron chi connectivity index (χ2n) is 7.84. The van der Waals surface area contributed by atoms with Crippen molar-refractivity contribution in [2.75, 3.05) is 7.05 Å². The van der Waals surface area contributed by atoms with Crippen molar-refractivity contribution in [1.29, 1.82) is 0 Å². The molecule has 2 heteroatoms. The summed E-state index contributed by atoms with van der Waals surface area (Å²) in [5, 5.41) is 3.56. The smallest absolute Gasteiger partial charge is 0.0448 e. The Morgan fingerprint density at radius 2 is 1.90 bits per heavy atom. The topological polar surface area (TPSA) is 24.9 Å². The molecule has 0 spiro atoms. The number of nitrogens with zero attached hydrogens (tertiary/aromatic N) is 1. The Morgan fingerprint density at radius 3 is 2.43 bits per heavy atom. The minimum Gasteiger partial charge on any atom is -0.316 e. The van der Waals surface area contributed by atoms with Crippen molar-refractivity contribution in [2.24, 2.45) is 17.3 Å². The molecule has 1 atom stereocenters. The summed E-state index contributed by atoms with van der Waals surface area (Å²) in [5.41, 5.74) is 3.05. The van der Waals surface area contributed by atoms with Crippen molar-refractivity contribution in [2.45, 2.75) is 65.8 Å². The van der Waals surface area contributed by atoms with Crippen LogP contribution >= 0.6 is 0 Å². The van der Waals surface area contributed by atoms with Crippen molar-refractivity contribution >= 4 is 0 Å². The highest BCUT2D eigenvalue weighted by Crippen LogP contribution is 2.41. The van der Waals surface area contributed by atoms with Gasteiger partial charge in [-0.1, -0.05) is 26.8 Å². The first-order valence-electron chi connectivity index (χ1n) is 8.49. The second kappa shape index (κ2) is 6.91. The number of rotatable bonds is 4. The molecule has 1 aromatic heterocycles.